The summed E-state index contributed by atoms with van der Waals surface area (Å²) in [6, 6.07) is 21.6. The molecule has 4 aromatic rings. The van der Waals surface area contributed by atoms with Crippen molar-refractivity contribution >= 4 is 11.8 Å². The van der Waals surface area contributed by atoms with Gasteiger partial charge in [0.05, 0.1) is 13.5 Å². The van der Waals surface area contributed by atoms with E-state index in [2.05, 4.69) is 21.0 Å². The summed E-state index contributed by atoms with van der Waals surface area (Å²) in [4.78, 5) is 24.5. The Morgan fingerprint density at radius 3 is 2.27 bits per heavy atom. The monoisotopic (exact) mass is 442 g/mol. The number of ether oxygens (including phenoxy) is 1. The maximum absolute atomic E-state index is 12.4. The van der Waals surface area contributed by atoms with Crippen LogP contribution in [0.3, 0.4) is 0 Å². The zero-order valence-corrected chi connectivity index (χ0v) is 18.2. The number of hydrogen-bond acceptors (Lipinski definition) is 6. The molecule has 0 saturated heterocycles. The second-order valence-electron chi connectivity index (χ2n) is 7.33. The minimum Gasteiger partial charge on any atom is -0.497 e. The van der Waals surface area contributed by atoms with Gasteiger partial charge in [0.15, 0.2) is 0 Å². The van der Waals surface area contributed by atoms with Gasteiger partial charge in [0.25, 0.3) is 5.91 Å². The highest BCUT2D eigenvalue weighted by Gasteiger charge is 2.13. The topological polar surface area (TPSA) is 106 Å². The van der Waals surface area contributed by atoms with E-state index in [1.165, 1.54) is 0 Å². The van der Waals surface area contributed by atoms with Gasteiger partial charge in [-0.05, 0) is 60.5 Å². The van der Waals surface area contributed by atoms with Gasteiger partial charge >= 0.3 is 0 Å². The van der Waals surface area contributed by atoms with Gasteiger partial charge in [-0.15, -0.1) is 10.2 Å². The SMILES string of the molecule is COc1ccc(CC(=O)NNC(=O)c2ccc(-c3nnc(-c4ccccc4C)o3)cc2)cc1. The Kier molecular flexibility index (Phi) is 6.45. The summed E-state index contributed by atoms with van der Waals surface area (Å²) in [7, 11) is 1.58. The zero-order valence-electron chi connectivity index (χ0n) is 18.2. The van der Waals surface area contributed by atoms with E-state index in [0.717, 1.165) is 16.7 Å². The standard InChI is InChI=1S/C25H22N4O4/c1-16-5-3-4-6-21(16)25-29-28-24(33-25)19-11-9-18(10-12-19)23(31)27-26-22(30)15-17-7-13-20(32-2)14-8-17/h3-14H,15H2,1-2H3,(H,26,30)(H,27,31). The number of hydrogen-bond donors (Lipinski definition) is 2. The van der Waals surface area contributed by atoms with Crippen molar-refractivity contribution < 1.29 is 18.7 Å². The molecule has 0 bridgehead atoms. The molecule has 4 rings (SSSR count). The molecule has 8 heteroatoms. The Balaban J connectivity index is 1.34. The van der Waals surface area contributed by atoms with Crippen LogP contribution in [0.25, 0.3) is 22.9 Å². The first-order chi connectivity index (χ1) is 16.0. The number of carbonyl (C=O) groups is 2. The molecule has 33 heavy (non-hydrogen) atoms. The fourth-order valence-electron chi connectivity index (χ4n) is 3.20. The van der Waals surface area contributed by atoms with Crippen molar-refractivity contribution in [2.24, 2.45) is 0 Å². The lowest BCUT2D eigenvalue weighted by Gasteiger charge is -2.08. The van der Waals surface area contributed by atoms with E-state index >= 15 is 0 Å². The number of amides is 2. The molecular formula is C25H22N4O4. The Morgan fingerprint density at radius 2 is 1.58 bits per heavy atom. The van der Waals surface area contributed by atoms with Gasteiger partial charge in [0, 0.05) is 16.7 Å². The molecule has 0 saturated carbocycles. The van der Waals surface area contributed by atoms with Crippen molar-refractivity contribution in [1.29, 1.82) is 0 Å². The summed E-state index contributed by atoms with van der Waals surface area (Å²) in [5.41, 5.74) is 8.61. The third kappa shape index (κ3) is 5.24. The van der Waals surface area contributed by atoms with E-state index in [1.54, 1.807) is 55.6 Å². The van der Waals surface area contributed by atoms with Crippen molar-refractivity contribution in [2.75, 3.05) is 7.11 Å². The molecule has 0 atom stereocenters. The second-order valence-corrected chi connectivity index (χ2v) is 7.33. The average molecular weight is 442 g/mol. The van der Waals surface area contributed by atoms with Crippen LogP contribution in [0.5, 0.6) is 5.75 Å². The molecular weight excluding hydrogens is 420 g/mol. The Labute approximate surface area is 190 Å². The summed E-state index contributed by atoms with van der Waals surface area (Å²) in [5, 5.41) is 8.23. The second kappa shape index (κ2) is 9.78. The highest BCUT2D eigenvalue weighted by Crippen LogP contribution is 2.26. The fourth-order valence-corrected chi connectivity index (χ4v) is 3.20. The lowest BCUT2D eigenvalue weighted by atomic mass is 10.1. The van der Waals surface area contributed by atoms with Crippen LogP contribution in [0.2, 0.25) is 0 Å². The summed E-state index contributed by atoms with van der Waals surface area (Å²) >= 11 is 0. The predicted molar refractivity (Wildman–Crippen MR) is 122 cm³/mol. The number of methoxy groups -OCH3 is 1. The molecule has 2 N–H and O–H groups in total. The van der Waals surface area contributed by atoms with Gasteiger partial charge in [-0.25, -0.2) is 0 Å². The fraction of sp³-hybridized carbons (Fsp3) is 0.120. The van der Waals surface area contributed by atoms with Gasteiger partial charge in [-0.2, -0.15) is 0 Å². The van der Waals surface area contributed by atoms with E-state index in [0.29, 0.717) is 28.7 Å². The molecule has 166 valence electrons. The van der Waals surface area contributed by atoms with E-state index in [4.69, 9.17) is 9.15 Å². The van der Waals surface area contributed by atoms with Crippen LogP contribution in [0.15, 0.2) is 77.2 Å². The van der Waals surface area contributed by atoms with E-state index in [9.17, 15) is 9.59 Å². The maximum atomic E-state index is 12.4. The largest absolute Gasteiger partial charge is 0.497 e. The minimum absolute atomic E-state index is 0.129. The molecule has 1 heterocycles. The van der Waals surface area contributed by atoms with Gasteiger partial charge in [-0.1, -0.05) is 30.3 Å². The number of carbonyl (C=O) groups excluding carboxylic acids is 2. The first kappa shape index (κ1) is 21.8. The molecule has 0 aliphatic carbocycles. The normalized spacial score (nSPS) is 10.5. The van der Waals surface area contributed by atoms with Gasteiger partial charge in [0.1, 0.15) is 5.75 Å². The van der Waals surface area contributed by atoms with Crippen LogP contribution in [0, 0.1) is 6.92 Å². The van der Waals surface area contributed by atoms with Crippen molar-refractivity contribution in [1.82, 2.24) is 21.0 Å². The van der Waals surface area contributed by atoms with Crippen LogP contribution in [-0.4, -0.2) is 29.1 Å². The van der Waals surface area contributed by atoms with Gasteiger partial charge in [-0.3, -0.25) is 20.4 Å². The number of aromatic nitrogens is 2. The summed E-state index contributed by atoms with van der Waals surface area (Å²) < 4.78 is 10.9. The lowest BCUT2D eigenvalue weighted by Crippen LogP contribution is -2.42. The Bertz CT molecular complexity index is 1260. The van der Waals surface area contributed by atoms with Crippen molar-refractivity contribution in [2.45, 2.75) is 13.3 Å². The first-order valence-electron chi connectivity index (χ1n) is 10.3. The molecule has 0 fully saturated rings. The molecule has 0 spiro atoms. The van der Waals surface area contributed by atoms with E-state index < -0.39 is 5.91 Å². The van der Waals surface area contributed by atoms with Crippen LogP contribution in [0.4, 0.5) is 0 Å². The van der Waals surface area contributed by atoms with Crippen molar-refractivity contribution in [3.63, 3.8) is 0 Å². The van der Waals surface area contributed by atoms with Gasteiger partial charge in [0.2, 0.25) is 17.7 Å². The van der Waals surface area contributed by atoms with Crippen LogP contribution in [-0.2, 0) is 11.2 Å². The highest BCUT2D eigenvalue weighted by molar-refractivity contribution is 5.95. The third-order valence-electron chi connectivity index (χ3n) is 5.03. The first-order valence-corrected chi connectivity index (χ1v) is 10.3. The number of hydrazine groups is 1. The van der Waals surface area contributed by atoms with E-state index in [-0.39, 0.29) is 12.3 Å². The van der Waals surface area contributed by atoms with Crippen molar-refractivity contribution in [3.8, 4) is 28.7 Å². The van der Waals surface area contributed by atoms with Crippen LogP contribution in [0.1, 0.15) is 21.5 Å². The molecule has 3 aromatic carbocycles. The maximum Gasteiger partial charge on any atom is 0.269 e. The molecule has 0 aliphatic rings. The summed E-state index contributed by atoms with van der Waals surface area (Å²) in [5.74, 6) is 0.732. The number of benzene rings is 3. The predicted octanol–water partition coefficient (Wildman–Crippen LogP) is 3.72. The molecule has 2 amide bonds. The van der Waals surface area contributed by atoms with Crippen molar-refractivity contribution in [3.05, 3.63) is 89.5 Å². The minimum atomic E-state index is -0.434. The average Bonchev–Trinajstić information content (AvgIpc) is 3.33. The summed E-state index contributed by atoms with van der Waals surface area (Å²) in [6.07, 6.45) is 0.129. The smallest absolute Gasteiger partial charge is 0.269 e. The highest BCUT2D eigenvalue weighted by atomic mass is 16.5. The number of aryl methyl sites for hydroxylation is 1. The molecule has 1 aromatic heterocycles. The Morgan fingerprint density at radius 1 is 0.879 bits per heavy atom. The van der Waals surface area contributed by atoms with Crippen LogP contribution < -0.4 is 15.6 Å². The molecule has 0 radical (unpaired) electrons. The number of nitrogens with zero attached hydrogens (tertiary/aromatic N) is 2. The third-order valence-corrected chi connectivity index (χ3v) is 5.03. The number of nitrogens with one attached hydrogen (secondary N) is 2. The van der Waals surface area contributed by atoms with Crippen LogP contribution >= 0.6 is 0 Å². The van der Waals surface area contributed by atoms with E-state index in [1.807, 2.05) is 31.2 Å². The zero-order chi connectivity index (χ0) is 23.2. The Hall–Kier alpha value is -4.46. The molecule has 8 nitrogen and oxygen atoms in total. The number of rotatable bonds is 6. The van der Waals surface area contributed by atoms with Gasteiger partial charge < -0.3 is 9.15 Å². The lowest BCUT2D eigenvalue weighted by molar-refractivity contribution is -0.121. The summed E-state index contributed by atoms with van der Waals surface area (Å²) in [6.45, 7) is 1.97. The molecule has 0 aliphatic heterocycles. The molecule has 0 unspecified atom stereocenters. The quantitative estimate of drug-likeness (QED) is 0.441.